The second-order valence-corrected chi connectivity index (χ2v) is 3.86. The normalized spacial score (nSPS) is 12.2. The number of esters is 1. The minimum atomic E-state index is -0.192. The van der Waals surface area contributed by atoms with E-state index >= 15 is 0 Å². The average Bonchev–Trinajstić information content (AvgIpc) is 2.16. The summed E-state index contributed by atoms with van der Waals surface area (Å²) in [4.78, 5) is 11.1. The molecular formula is C12H17NO2. The predicted molar refractivity (Wildman–Crippen MR) is 60.6 cm³/mol. The van der Waals surface area contributed by atoms with Crippen molar-refractivity contribution < 1.29 is 9.53 Å². The molecule has 0 aliphatic rings. The van der Waals surface area contributed by atoms with Gasteiger partial charge in [-0.3, -0.25) is 4.79 Å². The number of methoxy groups -OCH3 is 1. The molecule has 82 valence electrons. The van der Waals surface area contributed by atoms with Crippen LogP contribution in [0, 0.1) is 6.92 Å². The molecule has 1 atom stereocenters. The average molecular weight is 207 g/mol. The number of benzene rings is 1. The van der Waals surface area contributed by atoms with Gasteiger partial charge in [-0.25, -0.2) is 0 Å². The number of hydrogen-bond donors (Lipinski definition) is 1. The Morgan fingerprint density at radius 3 is 2.67 bits per heavy atom. The third-order valence-electron chi connectivity index (χ3n) is 2.39. The Kier molecular flexibility index (Phi) is 3.72. The first-order valence-corrected chi connectivity index (χ1v) is 4.97. The SMILES string of the molecule is COC(=O)CC(C)c1cc(C)cc(N)c1. The van der Waals surface area contributed by atoms with Crippen molar-refractivity contribution in [2.75, 3.05) is 12.8 Å². The molecule has 0 fully saturated rings. The lowest BCUT2D eigenvalue weighted by molar-refractivity contribution is -0.140. The van der Waals surface area contributed by atoms with E-state index < -0.39 is 0 Å². The molecule has 0 heterocycles. The summed E-state index contributed by atoms with van der Waals surface area (Å²) in [7, 11) is 1.40. The van der Waals surface area contributed by atoms with Crippen LogP contribution in [0.5, 0.6) is 0 Å². The summed E-state index contributed by atoms with van der Waals surface area (Å²) < 4.78 is 4.63. The van der Waals surface area contributed by atoms with E-state index in [1.807, 2.05) is 32.0 Å². The predicted octanol–water partition coefficient (Wildman–Crippen LogP) is 2.24. The molecule has 1 rings (SSSR count). The zero-order valence-electron chi connectivity index (χ0n) is 9.41. The third-order valence-corrected chi connectivity index (χ3v) is 2.39. The highest BCUT2D eigenvalue weighted by atomic mass is 16.5. The molecule has 0 spiro atoms. The van der Waals surface area contributed by atoms with Gasteiger partial charge in [-0.15, -0.1) is 0 Å². The number of carbonyl (C=O) groups excluding carboxylic acids is 1. The lowest BCUT2D eigenvalue weighted by Crippen LogP contribution is -2.06. The Bertz CT molecular complexity index is 340. The van der Waals surface area contributed by atoms with Crippen LogP contribution in [0.2, 0.25) is 0 Å². The number of anilines is 1. The van der Waals surface area contributed by atoms with Crippen LogP contribution in [0.3, 0.4) is 0 Å². The Morgan fingerprint density at radius 1 is 1.47 bits per heavy atom. The molecule has 15 heavy (non-hydrogen) atoms. The molecule has 1 aromatic carbocycles. The van der Waals surface area contributed by atoms with Crippen molar-refractivity contribution in [1.29, 1.82) is 0 Å². The fourth-order valence-electron chi connectivity index (χ4n) is 1.58. The molecule has 0 radical (unpaired) electrons. The Hall–Kier alpha value is -1.51. The fraction of sp³-hybridized carbons (Fsp3) is 0.417. The molecule has 3 heteroatoms. The summed E-state index contributed by atoms with van der Waals surface area (Å²) in [5.74, 6) is -0.0535. The topological polar surface area (TPSA) is 52.3 Å². The lowest BCUT2D eigenvalue weighted by atomic mass is 9.96. The van der Waals surface area contributed by atoms with Crippen LogP contribution in [0.25, 0.3) is 0 Å². The Morgan fingerprint density at radius 2 is 2.13 bits per heavy atom. The summed E-state index contributed by atoms with van der Waals surface area (Å²) in [5, 5.41) is 0. The van der Waals surface area contributed by atoms with Crippen LogP contribution in [0.1, 0.15) is 30.4 Å². The van der Waals surface area contributed by atoms with Gasteiger partial charge in [0, 0.05) is 5.69 Å². The van der Waals surface area contributed by atoms with Crippen molar-refractivity contribution in [3.8, 4) is 0 Å². The smallest absolute Gasteiger partial charge is 0.306 e. The van der Waals surface area contributed by atoms with Gasteiger partial charge in [-0.2, -0.15) is 0 Å². The van der Waals surface area contributed by atoms with Crippen LogP contribution in [0.15, 0.2) is 18.2 Å². The molecule has 2 N–H and O–H groups in total. The lowest BCUT2D eigenvalue weighted by Gasteiger charge is -2.12. The van der Waals surface area contributed by atoms with E-state index in [-0.39, 0.29) is 11.9 Å². The van der Waals surface area contributed by atoms with E-state index in [0.717, 1.165) is 16.8 Å². The molecule has 1 unspecified atom stereocenters. The van der Waals surface area contributed by atoms with Crippen LogP contribution in [-0.2, 0) is 9.53 Å². The van der Waals surface area contributed by atoms with Crippen molar-refractivity contribution in [1.82, 2.24) is 0 Å². The molecule has 0 saturated carbocycles. The number of carbonyl (C=O) groups is 1. The minimum absolute atomic E-state index is 0.139. The summed E-state index contributed by atoms with van der Waals surface area (Å²) in [5.41, 5.74) is 8.68. The quantitative estimate of drug-likeness (QED) is 0.611. The van der Waals surface area contributed by atoms with Gasteiger partial charge in [-0.1, -0.05) is 13.0 Å². The maximum Gasteiger partial charge on any atom is 0.306 e. The van der Waals surface area contributed by atoms with Crippen LogP contribution < -0.4 is 5.73 Å². The summed E-state index contributed by atoms with van der Waals surface area (Å²) >= 11 is 0. The number of nitrogens with two attached hydrogens (primary N) is 1. The molecular weight excluding hydrogens is 190 g/mol. The summed E-state index contributed by atoms with van der Waals surface area (Å²) in [6, 6.07) is 5.86. The van der Waals surface area contributed by atoms with Crippen molar-refractivity contribution >= 4 is 11.7 Å². The zero-order valence-corrected chi connectivity index (χ0v) is 9.41. The second kappa shape index (κ2) is 4.82. The van der Waals surface area contributed by atoms with E-state index in [0.29, 0.717) is 6.42 Å². The van der Waals surface area contributed by atoms with Gasteiger partial charge in [0.05, 0.1) is 13.5 Å². The summed E-state index contributed by atoms with van der Waals surface area (Å²) in [6.07, 6.45) is 0.388. The minimum Gasteiger partial charge on any atom is -0.469 e. The van der Waals surface area contributed by atoms with Crippen LogP contribution in [-0.4, -0.2) is 13.1 Å². The van der Waals surface area contributed by atoms with E-state index in [2.05, 4.69) is 4.74 Å². The van der Waals surface area contributed by atoms with E-state index in [9.17, 15) is 4.79 Å². The molecule has 3 nitrogen and oxygen atoms in total. The fourth-order valence-corrected chi connectivity index (χ4v) is 1.58. The van der Waals surface area contributed by atoms with Gasteiger partial charge in [0.2, 0.25) is 0 Å². The highest BCUT2D eigenvalue weighted by molar-refractivity contribution is 5.70. The van der Waals surface area contributed by atoms with Gasteiger partial charge in [-0.05, 0) is 36.1 Å². The van der Waals surface area contributed by atoms with Crippen molar-refractivity contribution in [2.45, 2.75) is 26.2 Å². The maximum absolute atomic E-state index is 11.1. The molecule has 0 aliphatic carbocycles. The second-order valence-electron chi connectivity index (χ2n) is 3.86. The monoisotopic (exact) mass is 207 g/mol. The Labute approximate surface area is 90.2 Å². The van der Waals surface area contributed by atoms with E-state index in [1.54, 1.807) is 0 Å². The summed E-state index contributed by atoms with van der Waals surface area (Å²) in [6.45, 7) is 3.98. The largest absolute Gasteiger partial charge is 0.469 e. The highest BCUT2D eigenvalue weighted by Gasteiger charge is 2.11. The van der Waals surface area contributed by atoms with Crippen molar-refractivity contribution in [3.05, 3.63) is 29.3 Å². The highest BCUT2D eigenvalue weighted by Crippen LogP contribution is 2.22. The van der Waals surface area contributed by atoms with Crippen LogP contribution >= 0.6 is 0 Å². The van der Waals surface area contributed by atoms with Gasteiger partial charge in [0.1, 0.15) is 0 Å². The number of rotatable bonds is 3. The number of aryl methyl sites for hydroxylation is 1. The van der Waals surface area contributed by atoms with Gasteiger partial charge >= 0.3 is 5.97 Å². The first kappa shape index (κ1) is 11.6. The van der Waals surface area contributed by atoms with Crippen molar-refractivity contribution in [3.63, 3.8) is 0 Å². The van der Waals surface area contributed by atoms with E-state index in [1.165, 1.54) is 7.11 Å². The first-order valence-electron chi connectivity index (χ1n) is 4.97. The Balaban J connectivity index is 2.81. The number of nitrogen functional groups attached to an aromatic ring is 1. The molecule has 1 aromatic rings. The zero-order chi connectivity index (χ0) is 11.4. The van der Waals surface area contributed by atoms with Gasteiger partial charge in [0.15, 0.2) is 0 Å². The molecule has 0 amide bonds. The molecule has 0 aliphatic heterocycles. The van der Waals surface area contributed by atoms with Crippen molar-refractivity contribution in [2.24, 2.45) is 0 Å². The number of hydrogen-bond acceptors (Lipinski definition) is 3. The molecule has 0 bridgehead atoms. The molecule has 0 aromatic heterocycles. The van der Waals surface area contributed by atoms with E-state index in [4.69, 9.17) is 5.73 Å². The van der Waals surface area contributed by atoms with Gasteiger partial charge in [0.25, 0.3) is 0 Å². The van der Waals surface area contributed by atoms with Gasteiger partial charge < -0.3 is 10.5 Å². The maximum atomic E-state index is 11.1. The first-order chi connectivity index (χ1) is 7.02. The number of ether oxygens (including phenoxy) is 1. The van der Waals surface area contributed by atoms with Crippen LogP contribution in [0.4, 0.5) is 5.69 Å². The standard InChI is InChI=1S/C12H17NO2/c1-8-4-10(7-11(13)5-8)9(2)6-12(14)15-3/h4-5,7,9H,6,13H2,1-3H3. The molecule has 0 saturated heterocycles. The third kappa shape index (κ3) is 3.27.